The number of para-hydroxylation sites is 1. The zero-order valence-electron chi connectivity index (χ0n) is 9.33. The van der Waals surface area contributed by atoms with Crippen molar-refractivity contribution in [3.05, 3.63) is 29.8 Å². The van der Waals surface area contributed by atoms with Crippen molar-refractivity contribution in [2.75, 3.05) is 18.0 Å². The van der Waals surface area contributed by atoms with E-state index in [0.29, 0.717) is 0 Å². The quantitative estimate of drug-likeness (QED) is 0.792. The van der Waals surface area contributed by atoms with Crippen molar-refractivity contribution in [3.8, 4) is 0 Å². The molecule has 0 bridgehead atoms. The first-order valence-corrected chi connectivity index (χ1v) is 5.21. The Balaban J connectivity index is 2.83. The highest BCUT2D eigenvalue weighted by molar-refractivity contribution is 5.52. The molecule has 1 aromatic rings. The molecule has 0 saturated carbocycles. The van der Waals surface area contributed by atoms with Crippen LogP contribution in [0.1, 0.15) is 19.4 Å². The number of hydrogen-bond acceptors (Lipinski definition) is 2. The van der Waals surface area contributed by atoms with Crippen molar-refractivity contribution in [3.63, 3.8) is 0 Å². The molecule has 0 radical (unpaired) electrons. The Labute approximate surface area is 86.7 Å². The van der Waals surface area contributed by atoms with Gasteiger partial charge in [0, 0.05) is 24.8 Å². The highest BCUT2D eigenvalue weighted by Crippen LogP contribution is 2.18. The van der Waals surface area contributed by atoms with Gasteiger partial charge in [0.2, 0.25) is 0 Å². The molecular weight excluding hydrogens is 172 g/mol. The highest BCUT2D eigenvalue weighted by atomic mass is 15.1. The molecule has 0 heterocycles. The van der Waals surface area contributed by atoms with Crippen LogP contribution >= 0.6 is 0 Å². The average Bonchev–Trinajstić information content (AvgIpc) is 2.15. The van der Waals surface area contributed by atoms with E-state index in [1.807, 2.05) is 6.92 Å². The third-order valence-corrected chi connectivity index (χ3v) is 2.35. The molecule has 0 aliphatic rings. The van der Waals surface area contributed by atoms with Crippen molar-refractivity contribution in [1.29, 1.82) is 0 Å². The van der Waals surface area contributed by atoms with Gasteiger partial charge >= 0.3 is 0 Å². The summed E-state index contributed by atoms with van der Waals surface area (Å²) < 4.78 is 0. The van der Waals surface area contributed by atoms with Gasteiger partial charge < -0.3 is 10.6 Å². The summed E-state index contributed by atoms with van der Waals surface area (Å²) in [6, 6.07) is 8.65. The number of benzene rings is 1. The molecule has 0 aliphatic heterocycles. The maximum absolute atomic E-state index is 5.81. The summed E-state index contributed by atoms with van der Waals surface area (Å²) in [5.41, 5.74) is 8.43. The van der Waals surface area contributed by atoms with E-state index in [1.165, 1.54) is 11.3 Å². The monoisotopic (exact) mass is 192 g/mol. The molecule has 0 aromatic heterocycles. The Hall–Kier alpha value is -1.02. The van der Waals surface area contributed by atoms with Crippen LogP contribution in [0.2, 0.25) is 0 Å². The molecule has 2 heteroatoms. The summed E-state index contributed by atoms with van der Waals surface area (Å²) >= 11 is 0. The van der Waals surface area contributed by atoms with E-state index < -0.39 is 0 Å². The first kappa shape index (κ1) is 11.1. The minimum Gasteiger partial charge on any atom is -0.370 e. The van der Waals surface area contributed by atoms with Gasteiger partial charge in [-0.3, -0.25) is 0 Å². The van der Waals surface area contributed by atoms with Crippen molar-refractivity contribution < 1.29 is 0 Å². The molecule has 1 rings (SSSR count). The van der Waals surface area contributed by atoms with Gasteiger partial charge in [0.1, 0.15) is 0 Å². The van der Waals surface area contributed by atoms with E-state index in [9.17, 15) is 0 Å². The first-order valence-electron chi connectivity index (χ1n) is 5.21. The molecule has 2 N–H and O–H groups in total. The summed E-state index contributed by atoms with van der Waals surface area (Å²) in [4.78, 5) is 2.32. The Morgan fingerprint density at radius 1 is 1.36 bits per heavy atom. The zero-order valence-corrected chi connectivity index (χ0v) is 9.33. The van der Waals surface area contributed by atoms with E-state index in [0.717, 1.165) is 13.1 Å². The lowest BCUT2D eigenvalue weighted by Gasteiger charge is -2.26. The second-order valence-electron chi connectivity index (χ2n) is 3.80. The summed E-state index contributed by atoms with van der Waals surface area (Å²) in [7, 11) is 0. The van der Waals surface area contributed by atoms with E-state index in [1.54, 1.807) is 0 Å². The van der Waals surface area contributed by atoms with Gasteiger partial charge in [-0.05, 0) is 32.4 Å². The predicted octanol–water partition coefficient (Wildman–Crippen LogP) is 2.17. The van der Waals surface area contributed by atoms with Crippen LogP contribution < -0.4 is 10.6 Å². The lowest BCUT2D eigenvalue weighted by molar-refractivity contribution is 0.688. The standard InChI is InChI=1S/C12H20N2/c1-4-14(9-11(3)13)12-8-6-5-7-10(12)2/h5-8,11H,4,9,13H2,1-3H3. The van der Waals surface area contributed by atoms with Gasteiger partial charge in [-0.1, -0.05) is 18.2 Å². The minimum atomic E-state index is 0.217. The Bertz CT molecular complexity index is 281. The second kappa shape index (κ2) is 5.01. The van der Waals surface area contributed by atoms with Gasteiger partial charge in [0.25, 0.3) is 0 Å². The molecule has 0 aliphatic carbocycles. The molecule has 0 saturated heterocycles. The number of rotatable bonds is 4. The zero-order chi connectivity index (χ0) is 10.6. The molecule has 14 heavy (non-hydrogen) atoms. The molecule has 1 atom stereocenters. The van der Waals surface area contributed by atoms with Crippen LogP contribution in [-0.2, 0) is 0 Å². The van der Waals surface area contributed by atoms with Crippen molar-refractivity contribution >= 4 is 5.69 Å². The summed E-state index contributed by atoms with van der Waals surface area (Å²) in [6.45, 7) is 8.27. The smallest absolute Gasteiger partial charge is 0.0396 e. The average molecular weight is 192 g/mol. The molecule has 1 unspecified atom stereocenters. The fraction of sp³-hybridized carbons (Fsp3) is 0.500. The van der Waals surface area contributed by atoms with Gasteiger partial charge in [0.05, 0.1) is 0 Å². The largest absolute Gasteiger partial charge is 0.370 e. The minimum absolute atomic E-state index is 0.217. The molecule has 0 amide bonds. The SMILES string of the molecule is CCN(CC(C)N)c1ccccc1C. The molecular formula is C12H20N2. The van der Waals surface area contributed by atoms with Crippen molar-refractivity contribution in [2.45, 2.75) is 26.8 Å². The fourth-order valence-electron chi connectivity index (χ4n) is 1.66. The van der Waals surface area contributed by atoms with Gasteiger partial charge in [-0.2, -0.15) is 0 Å². The molecule has 1 aromatic carbocycles. The Kier molecular flexibility index (Phi) is 3.96. The maximum atomic E-state index is 5.81. The number of likely N-dealkylation sites (N-methyl/N-ethyl adjacent to an activating group) is 1. The van der Waals surface area contributed by atoms with Gasteiger partial charge in [-0.25, -0.2) is 0 Å². The molecule has 0 spiro atoms. The predicted molar refractivity (Wildman–Crippen MR) is 62.7 cm³/mol. The molecule has 78 valence electrons. The van der Waals surface area contributed by atoms with Crippen LogP contribution in [0.3, 0.4) is 0 Å². The van der Waals surface area contributed by atoms with Gasteiger partial charge in [0.15, 0.2) is 0 Å². The van der Waals surface area contributed by atoms with Crippen molar-refractivity contribution in [1.82, 2.24) is 0 Å². The van der Waals surface area contributed by atoms with Crippen LogP contribution in [0, 0.1) is 6.92 Å². The lowest BCUT2D eigenvalue weighted by Crippen LogP contribution is -2.35. The summed E-state index contributed by atoms with van der Waals surface area (Å²) in [5.74, 6) is 0. The van der Waals surface area contributed by atoms with E-state index in [2.05, 4.69) is 43.0 Å². The number of nitrogens with two attached hydrogens (primary N) is 1. The maximum Gasteiger partial charge on any atom is 0.0396 e. The molecule has 0 fully saturated rings. The number of aryl methyl sites for hydroxylation is 1. The van der Waals surface area contributed by atoms with Crippen LogP contribution in [0.5, 0.6) is 0 Å². The Morgan fingerprint density at radius 2 is 2.00 bits per heavy atom. The van der Waals surface area contributed by atoms with Crippen LogP contribution in [0.15, 0.2) is 24.3 Å². The topological polar surface area (TPSA) is 29.3 Å². The second-order valence-corrected chi connectivity index (χ2v) is 3.80. The Morgan fingerprint density at radius 3 is 2.50 bits per heavy atom. The van der Waals surface area contributed by atoms with Crippen LogP contribution in [-0.4, -0.2) is 19.1 Å². The van der Waals surface area contributed by atoms with Crippen molar-refractivity contribution in [2.24, 2.45) is 5.73 Å². The van der Waals surface area contributed by atoms with E-state index in [-0.39, 0.29) is 6.04 Å². The first-order chi connectivity index (χ1) is 6.65. The van der Waals surface area contributed by atoms with Gasteiger partial charge in [-0.15, -0.1) is 0 Å². The third kappa shape index (κ3) is 2.74. The van der Waals surface area contributed by atoms with E-state index in [4.69, 9.17) is 5.73 Å². The highest BCUT2D eigenvalue weighted by Gasteiger charge is 2.07. The van der Waals surface area contributed by atoms with Crippen LogP contribution in [0.4, 0.5) is 5.69 Å². The number of anilines is 1. The molecule has 2 nitrogen and oxygen atoms in total. The summed E-state index contributed by atoms with van der Waals surface area (Å²) in [6.07, 6.45) is 0. The lowest BCUT2D eigenvalue weighted by atomic mass is 10.1. The number of nitrogens with zero attached hydrogens (tertiary/aromatic N) is 1. The third-order valence-electron chi connectivity index (χ3n) is 2.35. The normalized spacial score (nSPS) is 12.6. The number of hydrogen-bond donors (Lipinski definition) is 1. The fourth-order valence-corrected chi connectivity index (χ4v) is 1.66. The van der Waals surface area contributed by atoms with Crippen LogP contribution in [0.25, 0.3) is 0 Å². The van der Waals surface area contributed by atoms with E-state index >= 15 is 0 Å². The summed E-state index contributed by atoms with van der Waals surface area (Å²) in [5, 5.41) is 0.